The molecule has 1 aromatic heterocycles. The minimum Gasteiger partial charge on any atom is -0.505 e. The molecule has 0 unspecified atom stereocenters. The van der Waals surface area contributed by atoms with E-state index in [0.717, 1.165) is 12.1 Å². The summed E-state index contributed by atoms with van der Waals surface area (Å²) in [5.74, 6) is -1.89. The Labute approximate surface area is 78.2 Å². The number of aromatic nitrogens is 2. The second-order valence-electron chi connectivity index (χ2n) is 2.74. The maximum Gasteiger partial charge on any atom is 0.160 e. The van der Waals surface area contributed by atoms with Crippen LogP contribution in [0.15, 0.2) is 30.6 Å². The molecular formula is C9H6F2N2O. The summed E-state index contributed by atoms with van der Waals surface area (Å²) in [6, 6.07) is 3.37. The molecule has 72 valence electrons. The lowest BCUT2D eigenvalue weighted by atomic mass is 10.3. The fraction of sp³-hybridized carbons (Fsp3) is 0. The van der Waals surface area contributed by atoms with Crippen LogP contribution in [0.3, 0.4) is 0 Å². The van der Waals surface area contributed by atoms with Crippen LogP contribution in [0.1, 0.15) is 0 Å². The molecule has 3 nitrogen and oxygen atoms in total. The topological polar surface area (TPSA) is 38.1 Å². The Balaban J connectivity index is 2.47. The lowest BCUT2D eigenvalue weighted by Crippen LogP contribution is -1.95. The Bertz CT molecular complexity index is 468. The van der Waals surface area contributed by atoms with Gasteiger partial charge in [0.15, 0.2) is 17.4 Å². The molecule has 14 heavy (non-hydrogen) atoms. The highest BCUT2D eigenvalue weighted by atomic mass is 19.2. The second-order valence-corrected chi connectivity index (χ2v) is 2.74. The summed E-state index contributed by atoms with van der Waals surface area (Å²) in [5, 5.41) is 12.7. The van der Waals surface area contributed by atoms with E-state index in [4.69, 9.17) is 5.11 Å². The van der Waals surface area contributed by atoms with Crippen molar-refractivity contribution < 1.29 is 13.9 Å². The Hall–Kier alpha value is -1.91. The van der Waals surface area contributed by atoms with Gasteiger partial charge in [-0.3, -0.25) is 0 Å². The molecule has 5 heteroatoms. The molecule has 0 atom stereocenters. The van der Waals surface area contributed by atoms with Gasteiger partial charge >= 0.3 is 0 Å². The van der Waals surface area contributed by atoms with Crippen LogP contribution in [-0.4, -0.2) is 14.9 Å². The third-order valence-corrected chi connectivity index (χ3v) is 1.74. The monoisotopic (exact) mass is 196 g/mol. The van der Waals surface area contributed by atoms with E-state index < -0.39 is 11.6 Å². The number of rotatable bonds is 1. The van der Waals surface area contributed by atoms with Crippen LogP contribution in [0, 0.1) is 11.6 Å². The number of hydrogen-bond donors (Lipinski definition) is 1. The van der Waals surface area contributed by atoms with Gasteiger partial charge in [-0.1, -0.05) is 0 Å². The lowest BCUT2D eigenvalue weighted by molar-refractivity contribution is 0.475. The van der Waals surface area contributed by atoms with Gasteiger partial charge in [-0.15, -0.1) is 0 Å². The first-order chi connectivity index (χ1) is 6.66. The summed E-state index contributed by atoms with van der Waals surface area (Å²) in [5.41, 5.74) is 0.351. The van der Waals surface area contributed by atoms with Crippen molar-refractivity contribution >= 4 is 0 Å². The van der Waals surface area contributed by atoms with Crippen LogP contribution in [-0.2, 0) is 0 Å². The van der Waals surface area contributed by atoms with E-state index in [9.17, 15) is 8.78 Å². The summed E-state index contributed by atoms with van der Waals surface area (Å²) in [7, 11) is 0. The molecular weight excluding hydrogens is 190 g/mol. The zero-order valence-electron chi connectivity index (χ0n) is 6.98. The van der Waals surface area contributed by atoms with Gasteiger partial charge < -0.3 is 5.11 Å². The molecule has 0 radical (unpaired) electrons. The van der Waals surface area contributed by atoms with Gasteiger partial charge in [0.05, 0.1) is 18.1 Å². The van der Waals surface area contributed by atoms with Crippen molar-refractivity contribution in [3.63, 3.8) is 0 Å². The molecule has 2 rings (SSSR count). The van der Waals surface area contributed by atoms with Gasteiger partial charge in [0, 0.05) is 6.07 Å². The summed E-state index contributed by atoms with van der Waals surface area (Å²) < 4.78 is 26.6. The first kappa shape index (κ1) is 8.68. The van der Waals surface area contributed by atoms with Gasteiger partial charge in [0.2, 0.25) is 0 Å². The molecule has 2 aromatic rings. The number of halogens is 2. The second kappa shape index (κ2) is 3.10. The van der Waals surface area contributed by atoms with Crippen molar-refractivity contribution in [1.29, 1.82) is 0 Å². The van der Waals surface area contributed by atoms with Gasteiger partial charge in [0.1, 0.15) is 0 Å². The zero-order valence-corrected chi connectivity index (χ0v) is 6.98. The SMILES string of the molecule is Oc1cnn(-c2ccc(F)c(F)c2)c1. The van der Waals surface area contributed by atoms with Crippen LogP contribution in [0.2, 0.25) is 0 Å². The minimum absolute atomic E-state index is 0.0327. The average Bonchev–Trinajstić information content (AvgIpc) is 2.57. The fourth-order valence-corrected chi connectivity index (χ4v) is 1.08. The maximum absolute atomic E-state index is 12.8. The van der Waals surface area contributed by atoms with Crippen LogP contribution in [0.4, 0.5) is 8.78 Å². The van der Waals surface area contributed by atoms with Gasteiger partial charge in [-0.05, 0) is 12.1 Å². The smallest absolute Gasteiger partial charge is 0.160 e. The molecule has 1 N–H and O–H groups in total. The molecule has 0 bridgehead atoms. The Morgan fingerprint density at radius 1 is 1.21 bits per heavy atom. The first-order valence-electron chi connectivity index (χ1n) is 3.86. The average molecular weight is 196 g/mol. The van der Waals surface area contributed by atoms with Crippen LogP contribution >= 0.6 is 0 Å². The van der Waals surface area contributed by atoms with Crippen molar-refractivity contribution in [2.45, 2.75) is 0 Å². The first-order valence-corrected chi connectivity index (χ1v) is 3.86. The summed E-state index contributed by atoms with van der Waals surface area (Å²) in [6.45, 7) is 0. The minimum atomic E-state index is -0.947. The maximum atomic E-state index is 12.8. The van der Waals surface area contributed by atoms with Crippen LogP contribution in [0.25, 0.3) is 5.69 Å². The van der Waals surface area contributed by atoms with E-state index in [1.54, 1.807) is 0 Å². The molecule has 0 spiro atoms. The van der Waals surface area contributed by atoms with Crippen molar-refractivity contribution in [2.75, 3.05) is 0 Å². The summed E-state index contributed by atoms with van der Waals surface area (Å²) >= 11 is 0. The van der Waals surface area contributed by atoms with E-state index >= 15 is 0 Å². The van der Waals surface area contributed by atoms with Gasteiger partial charge in [-0.2, -0.15) is 5.10 Å². The predicted octanol–water partition coefficient (Wildman–Crippen LogP) is 1.86. The predicted molar refractivity (Wildman–Crippen MR) is 45.1 cm³/mol. The third-order valence-electron chi connectivity index (χ3n) is 1.74. The standard InChI is InChI=1S/C9H6F2N2O/c10-8-2-1-6(3-9(8)11)13-5-7(14)4-12-13/h1-5,14H. The molecule has 0 aliphatic carbocycles. The highest BCUT2D eigenvalue weighted by molar-refractivity contribution is 5.33. The molecule has 1 heterocycles. The lowest BCUT2D eigenvalue weighted by Gasteiger charge is -2.00. The molecule has 0 saturated carbocycles. The highest BCUT2D eigenvalue weighted by Crippen LogP contribution is 2.14. The fourth-order valence-electron chi connectivity index (χ4n) is 1.08. The third kappa shape index (κ3) is 1.44. The van der Waals surface area contributed by atoms with Crippen LogP contribution in [0.5, 0.6) is 5.75 Å². The Morgan fingerprint density at radius 3 is 2.57 bits per heavy atom. The number of aromatic hydroxyl groups is 1. The highest BCUT2D eigenvalue weighted by Gasteiger charge is 2.04. The zero-order chi connectivity index (χ0) is 10.1. The Morgan fingerprint density at radius 2 is 2.00 bits per heavy atom. The molecule has 1 aromatic carbocycles. The molecule has 0 fully saturated rings. The molecule has 0 aliphatic heterocycles. The molecule has 0 saturated heterocycles. The summed E-state index contributed by atoms with van der Waals surface area (Å²) in [6.07, 6.45) is 2.51. The largest absolute Gasteiger partial charge is 0.505 e. The van der Waals surface area contributed by atoms with E-state index in [1.807, 2.05) is 0 Å². The van der Waals surface area contributed by atoms with E-state index in [1.165, 1.54) is 23.1 Å². The quantitative estimate of drug-likeness (QED) is 0.755. The normalized spacial score (nSPS) is 10.4. The molecule has 0 aliphatic rings. The van der Waals surface area contributed by atoms with Crippen LogP contribution < -0.4 is 0 Å². The van der Waals surface area contributed by atoms with E-state index in [0.29, 0.717) is 5.69 Å². The number of nitrogens with zero attached hydrogens (tertiary/aromatic N) is 2. The summed E-state index contributed by atoms with van der Waals surface area (Å²) in [4.78, 5) is 0. The van der Waals surface area contributed by atoms with Crippen molar-refractivity contribution in [3.05, 3.63) is 42.2 Å². The van der Waals surface area contributed by atoms with E-state index in [-0.39, 0.29) is 5.75 Å². The van der Waals surface area contributed by atoms with E-state index in [2.05, 4.69) is 5.10 Å². The van der Waals surface area contributed by atoms with Crippen molar-refractivity contribution in [1.82, 2.24) is 9.78 Å². The number of benzene rings is 1. The van der Waals surface area contributed by atoms with Crippen molar-refractivity contribution in [2.24, 2.45) is 0 Å². The van der Waals surface area contributed by atoms with Gasteiger partial charge in [-0.25, -0.2) is 13.5 Å². The number of hydrogen-bond acceptors (Lipinski definition) is 2. The van der Waals surface area contributed by atoms with Crippen molar-refractivity contribution in [3.8, 4) is 11.4 Å². The Kier molecular flexibility index (Phi) is 1.92. The molecule has 0 amide bonds. The van der Waals surface area contributed by atoms with Gasteiger partial charge in [0.25, 0.3) is 0 Å².